The number of carbonyl (C=O) groups is 1. The molecule has 0 fully saturated rings. The molecule has 0 aromatic rings. The zero-order valence-corrected chi connectivity index (χ0v) is 9.22. The summed E-state index contributed by atoms with van der Waals surface area (Å²) in [4.78, 5) is 11.5. The maximum atomic E-state index is 11.5. The molecule has 0 aliphatic heterocycles. The van der Waals surface area contributed by atoms with Gasteiger partial charge < -0.3 is 10.4 Å². The van der Waals surface area contributed by atoms with E-state index in [1.165, 1.54) is 0 Å². The molecule has 0 aliphatic rings. The largest absolute Gasteiger partial charge is 0.395 e. The smallest absolute Gasteiger partial charge is 0.228 e. The first-order valence-electron chi connectivity index (χ1n) is 4.73. The number of amides is 1. The van der Waals surface area contributed by atoms with E-state index in [4.69, 9.17) is 5.11 Å². The summed E-state index contributed by atoms with van der Waals surface area (Å²) < 4.78 is 0. The molecular formula is C10H21NO2. The van der Waals surface area contributed by atoms with E-state index in [9.17, 15) is 4.79 Å². The summed E-state index contributed by atoms with van der Waals surface area (Å²) in [6, 6.07) is 0.151. The van der Waals surface area contributed by atoms with Gasteiger partial charge in [-0.25, -0.2) is 0 Å². The van der Waals surface area contributed by atoms with Crippen LogP contribution in [0.3, 0.4) is 0 Å². The van der Waals surface area contributed by atoms with Crippen LogP contribution in [0.1, 0.15) is 34.6 Å². The van der Waals surface area contributed by atoms with E-state index in [-0.39, 0.29) is 18.6 Å². The Labute approximate surface area is 80.5 Å². The van der Waals surface area contributed by atoms with Gasteiger partial charge in [0.15, 0.2) is 0 Å². The molecule has 2 N–H and O–H groups in total. The summed E-state index contributed by atoms with van der Waals surface area (Å²) in [6.07, 6.45) is 0. The highest BCUT2D eigenvalue weighted by Gasteiger charge is 2.27. The third-order valence-corrected chi connectivity index (χ3v) is 2.37. The van der Waals surface area contributed by atoms with Gasteiger partial charge >= 0.3 is 0 Å². The minimum Gasteiger partial charge on any atom is -0.395 e. The van der Waals surface area contributed by atoms with Crippen molar-refractivity contribution in [2.45, 2.75) is 40.7 Å². The molecule has 0 aliphatic carbocycles. The Morgan fingerprint density at radius 2 is 1.85 bits per heavy atom. The average molecular weight is 187 g/mol. The molecule has 0 saturated carbocycles. The van der Waals surface area contributed by atoms with Crippen LogP contribution in [-0.4, -0.2) is 23.7 Å². The number of hydrogen-bond acceptors (Lipinski definition) is 2. The molecule has 78 valence electrons. The van der Waals surface area contributed by atoms with Crippen molar-refractivity contribution in [1.82, 2.24) is 5.32 Å². The monoisotopic (exact) mass is 187 g/mol. The van der Waals surface area contributed by atoms with Crippen LogP contribution in [0.15, 0.2) is 0 Å². The van der Waals surface area contributed by atoms with Crippen molar-refractivity contribution >= 4 is 5.91 Å². The standard InChI is InChI=1S/C10H21NO2/c1-7(2)8(3)11-9(13)10(4,5)6-12/h7-8,12H,6H2,1-5H3,(H,11,13)/t8-/m1/s1. The molecule has 13 heavy (non-hydrogen) atoms. The first kappa shape index (κ1) is 12.4. The van der Waals surface area contributed by atoms with Gasteiger partial charge in [0.25, 0.3) is 0 Å². The van der Waals surface area contributed by atoms with Crippen LogP contribution in [0, 0.1) is 11.3 Å². The van der Waals surface area contributed by atoms with Crippen LogP contribution in [0.4, 0.5) is 0 Å². The van der Waals surface area contributed by atoms with Gasteiger partial charge in [0.2, 0.25) is 5.91 Å². The second kappa shape index (κ2) is 4.61. The molecule has 0 unspecified atom stereocenters. The fraction of sp³-hybridized carbons (Fsp3) is 0.900. The molecule has 0 aromatic heterocycles. The molecule has 0 spiro atoms. The van der Waals surface area contributed by atoms with Gasteiger partial charge in [0.05, 0.1) is 12.0 Å². The molecule has 1 amide bonds. The summed E-state index contributed by atoms with van der Waals surface area (Å²) >= 11 is 0. The van der Waals surface area contributed by atoms with Crippen molar-refractivity contribution in [2.75, 3.05) is 6.61 Å². The Kier molecular flexibility index (Phi) is 4.40. The second-order valence-corrected chi connectivity index (χ2v) is 4.55. The zero-order chi connectivity index (χ0) is 10.6. The topological polar surface area (TPSA) is 49.3 Å². The molecule has 0 rings (SSSR count). The maximum absolute atomic E-state index is 11.5. The first-order valence-corrected chi connectivity index (χ1v) is 4.73. The molecule has 0 aromatic carbocycles. The van der Waals surface area contributed by atoms with E-state index in [1.807, 2.05) is 6.92 Å². The van der Waals surface area contributed by atoms with Gasteiger partial charge in [-0.05, 0) is 26.7 Å². The van der Waals surface area contributed by atoms with Crippen LogP contribution < -0.4 is 5.32 Å². The summed E-state index contributed by atoms with van der Waals surface area (Å²) in [5.41, 5.74) is -0.677. The van der Waals surface area contributed by atoms with Crippen molar-refractivity contribution in [3.8, 4) is 0 Å². The Hall–Kier alpha value is -0.570. The van der Waals surface area contributed by atoms with Crippen LogP contribution in [0.5, 0.6) is 0 Å². The summed E-state index contributed by atoms with van der Waals surface area (Å²) in [6.45, 7) is 9.41. The van der Waals surface area contributed by atoms with Crippen LogP contribution in [-0.2, 0) is 4.79 Å². The Bertz CT molecular complexity index is 176. The summed E-state index contributed by atoms with van der Waals surface area (Å²) in [5, 5.41) is 11.8. The highest BCUT2D eigenvalue weighted by Crippen LogP contribution is 2.14. The average Bonchev–Trinajstić information content (AvgIpc) is 2.04. The first-order chi connectivity index (χ1) is 5.81. The molecule has 0 saturated heterocycles. The quantitative estimate of drug-likeness (QED) is 0.694. The van der Waals surface area contributed by atoms with Gasteiger partial charge in [0.1, 0.15) is 0 Å². The van der Waals surface area contributed by atoms with Gasteiger partial charge in [-0.3, -0.25) is 4.79 Å². The van der Waals surface area contributed by atoms with E-state index in [0.29, 0.717) is 5.92 Å². The van der Waals surface area contributed by atoms with E-state index < -0.39 is 5.41 Å². The van der Waals surface area contributed by atoms with Crippen LogP contribution in [0.2, 0.25) is 0 Å². The fourth-order valence-corrected chi connectivity index (χ4v) is 0.641. The van der Waals surface area contributed by atoms with Crippen LogP contribution >= 0.6 is 0 Å². The summed E-state index contributed by atoms with van der Waals surface area (Å²) in [7, 11) is 0. The lowest BCUT2D eigenvalue weighted by molar-refractivity contribution is -0.132. The molecule has 1 atom stereocenters. The zero-order valence-electron chi connectivity index (χ0n) is 9.22. The fourth-order valence-electron chi connectivity index (χ4n) is 0.641. The van der Waals surface area contributed by atoms with E-state index in [2.05, 4.69) is 19.2 Å². The lowest BCUT2D eigenvalue weighted by Crippen LogP contribution is -2.45. The van der Waals surface area contributed by atoms with Gasteiger partial charge in [-0.2, -0.15) is 0 Å². The maximum Gasteiger partial charge on any atom is 0.228 e. The van der Waals surface area contributed by atoms with Gasteiger partial charge in [0, 0.05) is 6.04 Å². The third kappa shape index (κ3) is 3.77. The van der Waals surface area contributed by atoms with Crippen LogP contribution in [0.25, 0.3) is 0 Å². The second-order valence-electron chi connectivity index (χ2n) is 4.55. The van der Waals surface area contributed by atoms with Crippen molar-refractivity contribution in [1.29, 1.82) is 0 Å². The predicted molar refractivity (Wildman–Crippen MR) is 53.3 cm³/mol. The van der Waals surface area contributed by atoms with E-state index in [0.717, 1.165) is 0 Å². The minimum atomic E-state index is -0.677. The molecule has 0 bridgehead atoms. The van der Waals surface area contributed by atoms with Gasteiger partial charge in [-0.15, -0.1) is 0 Å². The third-order valence-electron chi connectivity index (χ3n) is 2.37. The molecule has 3 nitrogen and oxygen atoms in total. The number of aliphatic hydroxyl groups excluding tert-OH is 1. The Morgan fingerprint density at radius 3 is 2.15 bits per heavy atom. The van der Waals surface area contributed by atoms with Crippen molar-refractivity contribution in [3.05, 3.63) is 0 Å². The normalized spacial score (nSPS) is 14.4. The van der Waals surface area contributed by atoms with Crippen molar-refractivity contribution < 1.29 is 9.90 Å². The number of hydrogen-bond donors (Lipinski definition) is 2. The van der Waals surface area contributed by atoms with Gasteiger partial charge in [-0.1, -0.05) is 13.8 Å². The van der Waals surface area contributed by atoms with E-state index >= 15 is 0 Å². The Morgan fingerprint density at radius 1 is 1.38 bits per heavy atom. The number of rotatable bonds is 4. The molecular weight excluding hydrogens is 166 g/mol. The molecule has 0 heterocycles. The molecule has 3 heteroatoms. The van der Waals surface area contributed by atoms with Crippen molar-refractivity contribution in [3.63, 3.8) is 0 Å². The lowest BCUT2D eigenvalue weighted by atomic mass is 9.92. The Balaban J connectivity index is 4.15. The lowest BCUT2D eigenvalue weighted by Gasteiger charge is -2.25. The predicted octanol–water partition coefficient (Wildman–Crippen LogP) is 1.17. The minimum absolute atomic E-state index is 0.0869. The number of carbonyl (C=O) groups excluding carboxylic acids is 1. The van der Waals surface area contributed by atoms with Crippen molar-refractivity contribution in [2.24, 2.45) is 11.3 Å². The SMILES string of the molecule is CC(C)[C@@H](C)NC(=O)C(C)(C)CO. The number of nitrogens with one attached hydrogen (secondary N) is 1. The highest BCUT2D eigenvalue weighted by atomic mass is 16.3. The number of aliphatic hydroxyl groups is 1. The highest BCUT2D eigenvalue weighted by molar-refractivity contribution is 5.82. The van der Waals surface area contributed by atoms with E-state index in [1.54, 1.807) is 13.8 Å². The molecule has 0 radical (unpaired) electrons. The summed E-state index contributed by atoms with van der Waals surface area (Å²) in [5.74, 6) is 0.328.